The van der Waals surface area contributed by atoms with Gasteiger partial charge in [-0.05, 0) is 12.1 Å². The van der Waals surface area contributed by atoms with Gasteiger partial charge in [0.15, 0.2) is 0 Å². The summed E-state index contributed by atoms with van der Waals surface area (Å²) in [5.74, 6) is 0.932. The molecule has 0 saturated carbocycles. The summed E-state index contributed by atoms with van der Waals surface area (Å²) >= 11 is 1.79. The summed E-state index contributed by atoms with van der Waals surface area (Å²) in [6, 6.07) is 3.99. The van der Waals surface area contributed by atoms with Gasteiger partial charge in [-0.25, -0.2) is 9.97 Å². The van der Waals surface area contributed by atoms with Crippen LogP contribution < -0.4 is 0 Å². The number of benzene rings is 1. The predicted octanol–water partition coefficient (Wildman–Crippen LogP) is 2.44. The Morgan fingerprint density at radius 2 is 2.29 bits per heavy atom. The second-order valence-corrected chi connectivity index (χ2v) is 4.02. The monoisotopic (exact) mass is 201 g/mol. The largest absolute Gasteiger partial charge is 0.259 e. The molecule has 0 atom stereocenters. The molecule has 0 spiro atoms. The van der Waals surface area contributed by atoms with Gasteiger partial charge in [-0.15, -0.1) is 11.8 Å². The van der Waals surface area contributed by atoms with Crippen molar-refractivity contribution in [2.24, 2.45) is 4.99 Å². The van der Waals surface area contributed by atoms with E-state index >= 15 is 0 Å². The van der Waals surface area contributed by atoms with E-state index in [9.17, 15) is 0 Å². The summed E-state index contributed by atoms with van der Waals surface area (Å²) in [7, 11) is 0. The minimum atomic E-state index is 0.932. The fourth-order valence-electron chi connectivity index (χ4n) is 1.53. The highest BCUT2D eigenvalue weighted by Gasteiger charge is 2.10. The molecule has 1 aliphatic rings. The van der Waals surface area contributed by atoms with E-state index in [1.807, 2.05) is 24.5 Å². The van der Waals surface area contributed by atoms with Crippen molar-refractivity contribution in [3.05, 3.63) is 24.7 Å². The zero-order valence-electron chi connectivity index (χ0n) is 7.34. The number of aromatic nitrogens is 2. The SMILES string of the molecule is C1=Nc2ccc3ncncc3c2SC1. The summed E-state index contributed by atoms with van der Waals surface area (Å²) in [5.41, 5.74) is 2.02. The van der Waals surface area contributed by atoms with Crippen LogP contribution in [0.1, 0.15) is 0 Å². The van der Waals surface area contributed by atoms with Crippen molar-refractivity contribution in [2.75, 3.05) is 5.75 Å². The lowest BCUT2D eigenvalue weighted by Gasteiger charge is -2.10. The first-order valence-electron chi connectivity index (χ1n) is 4.33. The standard InChI is InChI=1S/C10H7N3S/c1-2-9-10(14-4-3-12-9)7-5-11-6-13-8(1)7/h1-3,5-6H,4H2. The summed E-state index contributed by atoms with van der Waals surface area (Å²) < 4.78 is 0. The second-order valence-electron chi connectivity index (χ2n) is 2.99. The van der Waals surface area contributed by atoms with Crippen LogP contribution in [0.2, 0.25) is 0 Å². The van der Waals surface area contributed by atoms with Crippen LogP contribution in [0.3, 0.4) is 0 Å². The molecule has 0 amide bonds. The molecular formula is C10H7N3S. The van der Waals surface area contributed by atoms with Crippen LogP contribution in [0.4, 0.5) is 5.69 Å². The highest BCUT2D eigenvalue weighted by molar-refractivity contribution is 8.00. The van der Waals surface area contributed by atoms with Crippen LogP contribution in [0, 0.1) is 0 Å². The topological polar surface area (TPSA) is 38.1 Å². The van der Waals surface area contributed by atoms with Gasteiger partial charge in [0.05, 0.1) is 11.2 Å². The molecule has 14 heavy (non-hydrogen) atoms. The predicted molar refractivity (Wildman–Crippen MR) is 58.4 cm³/mol. The van der Waals surface area contributed by atoms with Crippen LogP contribution in [0.15, 0.2) is 34.5 Å². The molecule has 2 heterocycles. The lowest BCUT2D eigenvalue weighted by Crippen LogP contribution is -1.91. The Morgan fingerprint density at radius 3 is 3.29 bits per heavy atom. The molecule has 3 rings (SSSR count). The molecule has 2 aromatic rings. The third kappa shape index (κ3) is 1.11. The molecule has 4 heteroatoms. The Hall–Kier alpha value is -1.42. The van der Waals surface area contributed by atoms with E-state index in [1.54, 1.807) is 18.1 Å². The van der Waals surface area contributed by atoms with Crippen molar-refractivity contribution in [3.63, 3.8) is 0 Å². The van der Waals surface area contributed by atoms with Crippen molar-refractivity contribution < 1.29 is 0 Å². The molecule has 1 aromatic carbocycles. The Bertz CT molecular complexity index is 522. The van der Waals surface area contributed by atoms with Gasteiger partial charge in [-0.3, -0.25) is 4.99 Å². The summed E-state index contributed by atoms with van der Waals surface area (Å²) in [4.78, 5) is 13.8. The molecule has 1 aromatic heterocycles. The quantitative estimate of drug-likeness (QED) is 0.657. The third-order valence-corrected chi connectivity index (χ3v) is 3.19. The van der Waals surface area contributed by atoms with Gasteiger partial charge in [-0.2, -0.15) is 0 Å². The number of thioether (sulfide) groups is 1. The Balaban J connectivity index is 2.41. The summed E-state index contributed by atoms with van der Waals surface area (Å²) in [6.45, 7) is 0. The van der Waals surface area contributed by atoms with Gasteiger partial charge in [0.25, 0.3) is 0 Å². The maximum absolute atomic E-state index is 4.34. The minimum Gasteiger partial charge on any atom is -0.259 e. The number of hydrogen-bond donors (Lipinski definition) is 0. The van der Waals surface area contributed by atoms with Gasteiger partial charge in [0.2, 0.25) is 0 Å². The Labute approximate surface area is 85.3 Å². The number of fused-ring (bicyclic) bond motifs is 3. The number of rotatable bonds is 0. The lowest BCUT2D eigenvalue weighted by molar-refractivity contribution is 1.21. The average molecular weight is 201 g/mol. The maximum Gasteiger partial charge on any atom is 0.116 e. The molecule has 0 bridgehead atoms. The molecule has 0 unspecified atom stereocenters. The molecular weight excluding hydrogens is 194 g/mol. The molecule has 0 fully saturated rings. The van der Waals surface area contributed by atoms with Gasteiger partial charge in [-0.1, -0.05) is 0 Å². The number of nitrogens with zero attached hydrogens (tertiary/aromatic N) is 3. The van der Waals surface area contributed by atoms with Crippen molar-refractivity contribution in [2.45, 2.75) is 4.90 Å². The first kappa shape index (κ1) is 7.94. The molecule has 1 aliphatic heterocycles. The molecule has 0 aliphatic carbocycles. The fraction of sp³-hybridized carbons (Fsp3) is 0.100. The van der Waals surface area contributed by atoms with E-state index in [4.69, 9.17) is 0 Å². The normalized spacial score (nSPS) is 14.3. The number of aliphatic imine (C=N–C) groups is 1. The van der Waals surface area contributed by atoms with Crippen LogP contribution in [0.25, 0.3) is 10.9 Å². The highest BCUT2D eigenvalue weighted by Crippen LogP contribution is 2.37. The smallest absolute Gasteiger partial charge is 0.116 e. The van der Waals surface area contributed by atoms with Crippen LogP contribution in [-0.2, 0) is 0 Å². The van der Waals surface area contributed by atoms with E-state index in [-0.39, 0.29) is 0 Å². The molecule has 0 radical (unpaired) electrons. The zero-order valence-corrected chi connectivity index (χ0v) is 8.16. The molecule has 68 valence electrons. The van der Waals surface area contributed by atoms with Crippen molar-refractivity contribution in [3.8, 4) is 0 Å². The fourth-order valence-corrected chi connectivity index (χ4v) is 2.43. The first-order valence-corrected chi connectivity index (χ1v) is 5.32. The van der Waals surface area contributed by atoms with E-state index in [2.05, 4.69) is 15.0 Å². The van der Waals surface area contributed by atoms with E-state index in [0.717, 1.165) is 22.3 Å². The van der Waals surface area contributed by atoms with Crippen LogP contribution in [0.5, 0.6) is 0 Å². The second kappa shape index (κ2) is 3.06. The summed E-state index contributed by atoms with van der Waals surface area (Å²) in [5, 5.41) is 1.10. The Kier molecular flexibility index (Phi) is 1.73. The zero-order chi connectivity index (χ0) is 9.38. The highest BCUT2D eigenvalue weighted by atomic mass is 32.2. The Morgan fingerprint density at radius 1 is 1.29 bits per heavy atom. The average Bonchev–Trinajstić information content (AvgIpc) is 2.29. The van der Waals surface area contributed by atoms with Crippen LogP contribution in [-0.4, -0.2) is 21.9 Å². The van der Waals surface area contributed by atoms with E-state index in [1.165, 1.54) is 4.90 Å². The third-order valence-electron chi connectivity index (χ3n) is 2.15. The summed E-state index contributed by atoms with van der Waals surface area (Å²) in [6.07, 6.45) is 5.36. The van der Waals surface area contributed by atoms with Gasteiger partial charge < -0.3 is 0 Å². The van der Waals surface area contributed by atoms with Crippen LogP contribution >= 0.6 is 11.8 Å². The molecule has 3 nitrogen and oxygen atoms in total. The molecule has 0 saturated heterocycles. The molecule has 0 N–H and O–H groups in total. The van der Waals surface area contributed by atoms with Gasteiger partial charge in [0, 0.05) is 28.4 Å². The number of hydrogen-bond acceptors (Lipinski definition) is 4. The van der Waals surface area contributed by atoms with Gasteiger partial charge in [0.1, 0.15) is 6.33 Å². The first-order chi connectivity index (χ1) is 6.95. The van der Waals surface area contributed by atoms with E-state index in [0.29, 0.717) is 0 Å². The van der Waals surface area contributed by atoms with Crippen molar-refractivity contribution >= 4 is 34.6 Å². The van der Waals surface area contributed by atoms with Crippen molar-refractivity contribution in [1.29, 1.82) is 0 Å². The maximum atomic E-state index is 4.34. The van der Waals surface area contributed by atoms with Gasteiger partial charge >= 0.3 is 0 Å². The van der Waals surface area contributed by atoms with E-state index < -0.39 is 0 Å². The van der Waals surface area contributed by atoms with Crippen molar-refractivity contribution in [1.82, 2.24) is 9.97 Å². The minimum absolute atomic E-state index is 0.932. The lowest BCUT2D eigenvalue weighted by atomic mass is 10.2.